The molecule has 2 N–H and O–H groups in total. The maximum atomic E-state index is 8.95. The lowest BCUT2D eigenvalue weighted by Gasteiger charge is -2.17. The lowest BCUT2D eigenvalue weighted by Crippen LogP contribution is -2.21. The van der Waals surface area contributed by atoms with E-state index in [1.807, 2.05) is 30.3 Å². The van der Waals surface area contributed by atoms with Crippen molar-refractivity contribution in [2.24, 2.45) is 5.73 Å². The van der Waals surface area contributed by atoms with Crippen molar-refractivity contribution in [1.29, 1.82) is 5.26 Å². The second-order valence-electron chi connectivity index (χ2n) is 3.57. The van der Waals surface area contributed by atoms with Crippen molar-refractivity contribution in [1.82, 2.24) is 9.55 Å². The van der Waals surface area contributed by atoms with Gasteiger partial charge in [-0.05, 0) is 17.7 Å². The molecule has 1 aromatic heterocycles. The standard InChI is InChI=1S/C12H11ClN4/c13-10-3-1-9(2-4-10)11(7-14)17-6-5-16-12(17)8-15/h1-6,11H,7,14H2. The average Bonchev–Trinajstić information content (AvgIpc) is 2.81. The molecule has 2 aromatic rings. The Hall–Kier alpha value is -1.83. The van der Waals surface area contributed by atoms with Gasteiger partial charge < -0.3 is 10.3 Å². The molecule has 1 aromatic carbocycles. The molecule has 1 atom stereocenters. The molecule has 0 saturated carbocycles. The van der Waals surface area contributed by atoms with E-state index in [0.29, 0.717) is 17.4 Å². The second kappa shape index (κ2) is 5.00. The van der Waals surface area contributed by atoms with Gasteiger partial charge in [-0.3, -0.25) is 0 Å². The van der Waals surface area contributed by atoms with Gasteiger partial charge in [0.2, 0.25) is 5.82 Å². The van der Waals surface area contributed by atoms with E-state index in [1.54, 1.807) is 17.0 Å². The zero-order valence-electron chi connectivity index (χ0n) is 9.05. The largest absolute Gasteiger partial charge is 0.328 e. The van der Waals surface area contributed by atoms with E-state index in [0.717, 1.165) is 5.56 Å². The van der Waals surface area contributed by atoms with Crippen molar-refractivity contribution in [2.45, 2.75) is 6.04 Å². The van der Waals surface area contributed by atoms with Crippen LogP contribution in [0.4, 0.5) is 0 Å². The molecule has 0 aliphatic heterocycles. The fourth-order valence-electron chi connectivity index (χ4n) is 1.75. The Morgan fingerprint density at radius 1 is 1.41 bits per heavy atom. The molecule has 17 heavy (non-hydrogen) atoms. The lowest BCUT2D eigenvalue weighted by molar-refractivity contribution is 0.587. The summed E-state index contributed by atoms with van der Waals surface area (Å²) in [6.45, 7) is 0.396. The van der Waals surface area contributed by atoms with Gasteiger partial charge in [-0.15, -0.1) is 0 Å². The number of hydrogen-bond acceptors (Lipinski definition) is 3. The van der Waals surface area contributed by atoms with Crippen LogP contribution in [0.5, 0.6) is 0 Å². The maximum absolute atomic E-state index is 8.95. The number of rotatable bonds is 3. The number of halogens is 1. The fourth-order valence-corrected chi connectivity index (χ4v) is 1.87. The van der Waals surface area contributed by atoms with Gasteiger partial charge in [-0.2, -0.15) is 5.26 Å². The first-order chi connectivity index (χ1) is 8.26. The third-order valence-electron chi connectivity index (χ3n) is 2.58. The molecule has 0 fully saturated rings. The molecule has 0 radical (unpaired) electrons. The SMILES string of the molecule is N#Cc1nccn1C(CN)c1ccc(Cl)cc1. The van der Waals surface area contributed by atoms with E-state index in [1.165, 1.54) is 0 Å². The summed E-state index contributed by atoms with van der Waals surface area (Å²) in [5.74, 6) is 0.357. The fraction of sp³-hybridized carbons (Fsp3) is 0.167. The van der Waals surface area contributed by atoms with Gasteiger partial charge in [0.25, 0.3) is 0 Å². The minimum absolute atomic E-state index is 0.0931. The topological polar surface area (TPSA) is 67.6 Å². The Kier molecular flexibility index (Phi) is 3.43. The van der Waals surface area contributed by atoms with Crippen LogP contribution >= 0.6 is 11.6 Å². The van der Waals surface area contributed by atoms with Gasteiger partial charge in [0.15, 0.2) is 0 Å². The van der Waals surface area contributed by atoms with Gasteiger partial charge in [0.1, 0.15) is 6.07 Å². The van der Waals surface area contributed by atoms with Gasteiger partial charge in [-0.1, -0.05) is 23.7 Å². The average molecular weight is 247 g/mol. The highest BCUT2D eigenvalue weighted by Crippen LogP contribution is 2.20. The van der Waals surface area contributed by atoms with E-state index < -0.39 is 0 Å². The van der Waals surface area contributed by atoms with Gasteiger partial charge in [-0.25, -0.2) is 4.98 Å². The molecule has 0 amide bonds. The van der Waals surface area contributed by atoms with Gasteiger partial charge in [0.05, 0.1) is 6.04 Å². The third-order valence-corrected chi connectivity index (χ3v) is 2.83. The summed E-state index contributed by atoms with van der Waals surface area (Å²) in [5, 5.41) is 9.62. The number of aromatic nitrogens is 2. The van der Waals surface area contributed by atoms with E-state index in [4.69, 9.17) is 22.6 Å². The summed E-state index contributed by atoms with van der Waals surface area (Å²) in [6, 6.07) is 9.37. The van der Waals surface area contributed by atoms with Crippen LogP contribution in [0.3, 0.4) is 0 Å². The van der Waals surface area contributed by atoms with E-state index in [9.17, 15) is 0 Å². The Balaban J connectivity index is 2.41. The molecule has 1 heterocycles. The smallest absolute Gasteiger partial charge is 0.213 e. The highest BCUT2D eigenvalue weighted by molar-refractivity contribution is 6.30. The Morgan fingerprint density at radius 2 is 2.12 bits per heavy atom. The van der Waals surface area contributed by atoms with Crippen molar-refractivity contribution < 1.29 is 0 Å². The summed E-state index contributed by atoms with van der Waals surface area (Å²) in [4.78, 5) is 3.97. The highest BCUT2D eigenvalue weighted by atomic mass is 35.5. The summed E-state index contributed by atoms with van der Waals surface area (Å²) in [5.41, 5.74) is 6.77. The van der Waals surface area contributed by atoms with Crippen LogP contribution in [0.15, 0.2) is 36.7 Å². The number of nitrogens with zero attached hydrogens (tertiary/aromatic N) is 3. The first-order valence-corrected chi connectivity index (χ1v) is 5.52. The Labute approximate surface area is 104 Å². The molecule has 0 aliphatic rings. The molecule has 86 valence electrons. The van der Waals surface area contributed by atoms with Crippen molar-refractivity contribution in [3.8, 4) is 6.07 Å². The summed E-state index contributed by atoms with van der Waals surface area (Å²) in [6.07, 6.45) is 3.35. The zero-order valence-corrected chi connectivity index (χ0v) is 9.80. The molecular weight excluding hydrogens is 236 g/mol. The van der Waals surface area contributed by atoms with Crippen LogP contribution in [-0.2, 0) is 0 Å². The van der Waals surface area contributed by atoms with Crippen molar-refractivity contribution in [3.63, 3.8) is 0 Å². The van der Waals surface area contributed by atoms with Crippen LogP contribution in [-0.4, -0.2) is 16.1 Å². The Bertz CT molecular complexity index is 538. The summed E-state index contributed by atoms with van der Waals surface area (Å²) in [7, 11) is 0. The van der Waals surface area contributed by atoms with Crippen LogP contribution in [0, 0.1) is 11.3 Å². The number of hydrogen-bond donors (Lipinski definition) is 1. The first kappa shape index (κ1) is 11.6. The molecule has 0 bridgehead atoms. The molecular formula is C12H11ClN4. The molecule has 5 heteroatoms. The Morgan fingerprint density at radius 3 is 2.71 bits per heavy atom. The van der Waals surface area contributed by atoms with E-state index >= 15 is 0 Å². The lowest BCUT2D eigenvalue weighted by atomic mass is 10.1. The minimum atomic E-state index is -0.0931. The third kappa shape index (κ3) is 2.31. The number of nitrogens with two attached hydrogens (primary N) is 1. The second-order valence-corrected chi connectivity index (χ2v) is 4.01. The van der Waals surface area contributed by atoms with Crippen molar-refractivity contribution in [2.75, 3.05) is 6.54 Å². The minimum Gasteiger partial charge on any atom is -0.328 e. The zero-order chi connectivity index (χ0) is 12.3. The van der Waals surface area contributed by atoms with Crippen LogP contribution < -0.4 is 5.73 Å². The summed E-state index contributed by atoms with van der Waals surface area (Å²) < 4.78 is 1.77. The highest BCUT2D eigenvalue weighted by Gasteiger charge is 2.14. The molecule has 0 saturated heterocycles. The maximum Gasteiger partial charge on any atom is 0.213 e. The normalized spacial score (nSPS) is 12.1. The molecule has 0 aliphatic carbocycles. The number of nitriles is 1. The number of imidazole rings is 1. The molecule has 4 nitrogen and oxygen atoms in total. The van der Waals surface area contributed by atoms with Gasteiger partial charge in [0, 0.05) is 24.0 Å². The van der Waals surface area contributed by atoms with Crippen LogP contribution in [0.1, 0.15) is 17.4 Å². The molecule has 0 spiro atoms. The number of benzene rings is 1. The monoisotopic (exact) mass is 246 g/mol. The summed E-state index contributed by atoms with van der Waals surface area (Å²) >= 11 is 5.84. The molecule has 2 rings (SSSR count). The predicted octanol–water partition coefficient (Wildman–Crippen LogP) is 1.96. The predicted molar refractivity (Wildman–Crippen MR) is 65.6 cm³/mol. The van der Waals surface area contributed by atoms with E-state index in [-0.39, 0.29) is 6.04 Å². The van der Waals surface area contributed by atoms with Crippen molar-refractivity contribution in [3.05, 3.63) is 53.1 Å². The van der Waals surface area contributed by atoms with Crippen LogP contribution in [0.25, 0.3) is 0 Å². The van der Waals surface area contributed by atoms with E-state index in [2.05, 4.69) is 4.98 Å². The molecule has 1 unspecified atom stereocenters. The van der Waals surface area contributed by atoms with Gasteiger partial charge >= 0.3 is 0 Å². The van der Waals surface area contributed by atoms with Crippen LogP contribution in [0.2, 0.25) is 5.02 Å². The van der Waals surface area contributed by atoms with Crippen molar-refractivity contribution >= 4 is 11.6 Å². The first-order valence-electron chi connectivity index (χ1n) is 5.14. The quantitative estimate of drug-likeness (QED) is 0.900.